The molecule has 0 amide bonds. The van der Waals surface area contributed by atoms with Gasteiger partial charge in [-0.1, -0.05) is 6.07 Å². The van der Waals surface area contributed by atoms with Crippen molar-refractivity contribution in [1.82, 2.24) is 4.90 Å². The van der Waals surface area contributed by atoms with E-state index in [4.69, 9.17) is 9.84 Å². The molecule has 7 heteroatoms. The number of aliphatic carboxylic acids is 1. The zero-order chi connectivity index (χ0) is 16.9. The Hall–Kier alpha value is -1.76. The van der Waals surface area contributed by atoms with Crippen LogP contribution in [0.2, 0.25) is 0 Å². The second kappa shape index (κ2) is 7.68. The quantitative estimate of drug-likeness (QED) is 0.813. The van der Waals surface area contributed by atoms with Crippen LogP contribution in [0.3, 0.4) is 0 Å². The average Bonchev–Trinajstić information content (AvgIpc) is 2.51. The lowest BCUT2D eigenvalue weighted by Crippen LogP contribution is -2.37. The lowest BCUT2D eigenvalue weighted by molar-refractivity contribution is -0.143. The van der Waals surface area contributed by atoms with Crippen LogP contribution in [-0.4, -0.2) is 42.2 Å². The molecule has 0 aliphatic carbocycles. The topological polar surface area (TPSA) is 49.8 Å². The summed E-state index contributed by atoms with van der Waals surface area (Å²) in [5.41, 5.74) is -0.717. The first-order valence-electron chi connectivity index (χ1n) is 7.61. The van der Waals surface area contributed by atoms with Crippen LogP contribution < -0.4 is 4.74 Å². The molecule has 1 aliphatic heterocycles. The van der Waals surface area contributed by atoms with Gasteiger partial charge in [-0.15, -0.1) is 0 Å². The highest BCUT2D eigenvalue weighted by molar-refractivity contribution is 5.70. The van der Waals surface area contributed by atoms with Gasteiger partial charge in [-0.3, -0.25) is 4.79 Å². The van der Waals surface area contributed by atoms with E-state index in [1.54, 1.807) is 0 Å². The molecule has 1 heterocycles. The molecule has 0 saturated carbocycles. The number of likely N-dealkylation sites (tertiary alicyclic amines) is 1. The number of rotatable bonds is 6. The van der Waals surface area contributed by atoms with Crippen LogP contribution in [-0.2, 0) is 11.0 Å². The predicted molar refractivity (Wildman–Crippen MR) is 78.4 cm³/mol. The molecule has 128 valence electrons. The van der Waals surface area contributed by atoms with Crippen molar-refractivity contribution in [3.63, 3.8) is 0 Å². The number of carboxylic acids is 1. The first-order chi connectivity index (χ1) is 10.9. The van der Waals surface area contributed by atoms with Gasteiger partial charge in [0.15, 0.2) is 0 Å². The molecule has 2 rings (SSSR count). The molecule has 1 aliphatic rings. The number of ether oxygens (including phenoxy) is 1. The average molecular weight is 331 g/mol. The minimum absolute atomic E-state index is 0.212. The Bertz CT molecular complexity index is 526. The van der Waals surface area contributed by atoms with E-state index in [1.807, 2.05) is 0 Å². The van der Waals surface area contributed by atoms with Gasteiger partial charge in [-0.05, 0) is 50.6 Å². The summed E-state index contributed by atoms with van der Waals surface area (Å²) in [6.45, 7) is 2.56. The van der Waals surface area contributed by atoms with E-state index in [1.165, 1.54) is 12.1 Å². The summed E-state index contributed by atoms with van der Waals surface area (Å²) >= 11 is 0. The van der Waals surface area contributed by atoms with Crippen molar-refractivity contribution in [3.8, 4) is 5.75 Å². The highest BCUT2D eigenvalue weighted by Crippen LogP contribution is 2.31. The van der Waals surface area contributed by atoms with Crippen molar-refractivity contribution in [2.24, 2.45) is 5.92 Å². The van der Waals surface area contributed by atoms with Crippen LogP contribution in [0.15, 0.2) is 24.3 Å². The molecule has 0 unspecified atom stereocenters. The van der Waals surface area contributed by atoms with Gasteiger partial charge in [-0.2, -0.15) is 13.2 Å². The fourth-order valence-electron chi connectivity index (χ4n) is 2.64. The molecule has 1 aromatic rings. The van der Waals surface area contributed by atoms with Crippen LogP contribution in [0.4, 0.5) is 13.2 Å². The maximum atomic E-state index is 12.6. The number of benzene rings is 1. The van der Waals surface area contributed by atoms with Gasteiger partial charge in [0, 0.05) is 6.54 Å². The Morgan fingerprint density at radius 2 is 2.00 bits per heavy atom. The van der Waals surface area contributed by atoms with E-state index in [9.17, 15) is 18.0 Å². The number of piperidine rings is 1. The van der Waals surface area contributed by atoms with Gasteiger partial charge in [0.2, 0.25) is 0 Å². The maximum absolute atomic E-state index is 12.6. The van der Waals surface area contributed by atoms with E-state index in [2.05, 4.69) is 4.90 Å². The van der Waals surface area contributed by atoms with Gasteiger partial charge < -0.3 is 14.7 Å². The Morgan fingerprint density at radius 1 is 1.30 bits per heavy atom. The Labute approximate surface area is 132 Å². The summed E-state index contributed by atoms with van der Waals surface area (Å²) in [6, 6.07) is 4.85. The minimum atomic E-state index is -4.37. The molecule has 1 N–H and O–H groups in total. The standard InChI is InChI=1S/C16H20F3NO3/c17-16(18,19)13-3-1-4-14(11-13)23-10-2-7-20-8-5-12(6-9-20)15(21)22/h1,3-4,11-12H,2,5-10H2,(H,21,22). The number of carbonyl (C=O) groups is 1. The zero-order valence-electron chi connectivity index (χ0n) is 12.7. The SMILES string of the molecule is O=C(O)C1CCN(CCCOc2cccc(C(F)(F)F)c2)CC1. The fraction of sp³-hybridized carbons (Fsp3) is 0.562. The van der Waals surface area contributed by atoms with Crippen LogP contribution >= 0.6 is 0 Å². The molecule has 23 heavy (non-hydrogen) atoms. The highest BCUT2D eigenvalue weighted by Gasteiger charge is 2.30. The van der Waals surface area contributed by atoms with E-state index < -0.39 is 17.7 Å². The molecule has 0 bridgehead atoms. The molecule has 4 nitrogen and oxygen atoms in total. The molecule has 1 saturated heterocycles. The van der Waals surface area contributed by atoms with Crippen LogP contribution in [0.1, 0.15) is 24.8 Å². The maximum Gasteiger partial charge on any atom is 0.416 e. The second-order valence-corrected chi connectivity index (χ2v) is 5.68. The first-order valence-corrected chi connectivity index (χ1v) is 7.61. The van der Waals surface area contributed by atoms with Gasteiger partial charge in [-0.25, -0.2) is 0 Å². The van der Waals surface area contributed by atoms with Crippen molar-refractivity contribution in [1.29, 1.82) is 0 Å². The van der Waals surface area contributed by atoms with Crippen molar-refractivity contribution in [3.05, 3.63) is 29.8 Å². The van der Waals surface area contributed by atoms with Gasteiger partial charge in [0.25, 0.3) is 0 Å². The zero-order valence-corrected chi connectivity index (χ0v) is 12.7. The van der Waals surface area contributed by atoms with Crippen LogP contribution in [0.5, 0.6) is 5.75 Å². The summed E-state index contributed by atoms with van der Waals surface area (Å²) in [5.74, 6) is -0.783. The molecule has 1 fully saturated rings. The monoisotopic (exact) mass is 331 g/mol. The predicted octanol–water partition coefficient (Wildman–Crippen LogP) is 3.27. The Balaban J connectivity index is 1.69. The smallest absolute Gasteiger partial charge is 0.416 e. The lowest BCUT2D eigenvalue weighted by atomic mass is 9.97. The number of hydrogen-bond donors (Lipinski definition) is 1. The minimum Gasteiger partial charge on any atom is -0.494 e. The van der Waals surface area contributed by atoms with Crippen molar-refractivity contribution >= 4 is 5.97 Å². The van der Waals surface area contributed by atoms with E-state index in [0.717, 1.165) is 31.8 Å². The fourth-order valence-corrected chi connectivity index (χ4v) is 2.64. The number of carboxylic acid groups (broad SMARTS) is 1. The number of hydrogen-bond acceptors (Lipinski definition) is 3. The normalized spacial score (nSPS) is 17.2. The summed E-state index contributed by atoms with van der Waals surface area (Å²) in [4.78, 5) is 13.0. The number of alkyl halides is 3. The van der Waals surface area contributed by atoms with Gasteiger partial charge in [0.05, 0.1) is 18.1 Å². The summed E-state index contributed by atoms with van der Waals surface area (Å²) in [7, 11) is 0. The van der Waals surface area contributed by atoms with Crippen molar-refractivity contribution in [2.45, 2.75) is 25.4 Å². The molecule has 1 aromatic carbocycles. The summed E-state index contributed by atoms with van der Waals surface area (Å²) in [6.07, 6.45) is -2.39. The highest BCUT2D eigenvalue weighted by atomic mass is 19.4. The van der Waals surface area contributed by atoms with E-state index in [0.29, 0.717) is 25.9 Å². The third-order valence-corrected chi connectivity index (χ3v) is 3.99. The molecular formula is C16H20F3NO3. The van der Waals surface area contributed by atoms with Crippen molar-refractivity contribution in [2.75, 3.05) is 26.2 Å². The molecule has 0 aromatic heterocycles. The van der Waals surface area contributed by atoms with E-state index in [-0.39, 0.29) is 11.7 Å². The first kappa shape index (κ1) is 17.6. The Morgan fingerprint density at radius 3 is 2.61 bits per heavy atom. The third kappa shape index (κ3) is 5.42. The van der Waals surface area contributed by atoms with E-state index >= 15 is 0 Å². The lowest BCUT2D eigenvalue weighted by Gasteiger charge is -2.29. The van der Waals surface area contributed by atoms with Crippen LogP contribution in [0.25, 0.3) is 0 Å². The number of halogens is 3. The molecular weight excluding hydrogens is 311 g/mol. The Kier molecular flexibility index (Phi) is 5.87. The summed E-state index contributed by atoms with van der Waals surface area (Å²) in [5, 5.41) is 8.93. The molecule has 0 spiro atoms. The third-order valence-electron chi connectivity index (χ3n) is 3.99. The largest absolute Gasteiger partial charge is 0.494 e. The second-order valence-electron chi connectivity index (χ2n) is 5.68. The molecule has 0 radical (unpaired) electrons. The van der Waals surface area contributed by atoms with Crippen molar-refractivity contribution < 1.29 is 27.8 Å². The van der Waals surface area contributed by atoms with Crippen LogP contribution in [0, 0.1) is 5.92 Å². The number of nitrogens with zero attached hydrogens (tertiary/aromatic N) is 1. The molecule has 0 atom stereocenters. The van der Waals surface area contributed by atoms with Gasteiger partial charge >= 0.3 is 12.1 Å². The summed E-state index contributed by atoms with van der Waals surface area (Å²) < 4.78 is 43.1. The van der Waals surface area contributed by atoms with Gasteiger partial charge in [0.1, 0.15) is 5.75 Å².